The van der Waals surface area contributed by atoms with Crippen LogP contribution in [0.4, 0.5) is 5.82 Å². The number of ether oxygens (including phenoxy) is 2. The quantitative estimate of drug-likeness (QED) is 0.829. The zero-order valence-corrected chi connectivity index (χ0v) is 15.9. The summed E-state index contributed by atoms with van der Waals surface area (Å²) in [6.07, 6.45) is 0.699. The predicted molar refractivity (Wildman–Crippen MR) is 104 cm³/mol. The SMILES string of the molecule is NCCC1CN(C(=O)c2c(N3CCOCC3)noc2-c2ccccc2)CCO1. The van der Waals surface area contributed by atoms with E-state index in [1.807, 2.05) is 35.2 Å². The van der Waals surface area contributed by atoms with E-state index in [9.17, 15) is 4.79 Å². The van der Waals surface area contributed by atoms with E-state index in [0.29, 0.717) is 69.7 Å². The van der Waals surface area contributed by atoms with Crippen molar-refractivity contribution >= 4 is 11.7 Å². The van der Waals surface area contributed by atoms with Crippen LogP contribution in [0.3, 0.4) is 0 Å². The van der Waals surface area contributed by atoms with Crippen LogP contribution in [0.2, 0.25) is 0 Å². The molecular formula is C20H26N4O4. The summed E-state index contributed by atoms with van der Waals surface area (Å²) in [4.78, 5) is 17.4. The number of benzene rings is 1. The molecule has 8 nitrogen and oxygen atoms in total. The Kier molecular flexibility index (Phi) is 5.90. The van der Waals surface area contributed by atoms with Crippen LogP contribution in [0.15, 0.2) is 34.9 Å². The molecule has 3 heterocycles. The molecule has 28 heavy (non-hydrogen) atoms. The van der Waals surface area contributed by atoms with Gasteiger partial charge in [0.15, 0.2) is 11.6 Å². The van der Waals surface area contributed by atoms with Crippen LogP contribution in [-0.4, -0.2) is 74.6 Å². The van der Waals surface area contributed by atoms with Gasteiger partial charge in [-0.15, -0.1) is 0 Å². The summed E-state index contributed by atoms with van der Waals surface area (Å²) in [7, 11) is 0. The van der Waals surface area contributed by atoms with Gasteiger partial charge < -0.3 is 29.5 Å². The highest BCUT2D eigenvalue weighted by atomic mass is 16.5. The molecule has 1 aromatic carbocycles. The van der Waals surface area contributed by atoms with Gasteiger partial charge in [0.05, 0.1) is 25.9 Å². The fourth-order valence-electron chi connectivity index (χ4n) is 3.67. The summed E-state index contributed by atoms with van der Waals surface area (Å²) in [6.45, 7) is 4.69. The molecule has 1 amide bonds. The van der Waals surface area contributed by atoms with Crippen molar-refractivity contribution in [3.05, 3.63) is 35.9 Å². The number of carbonyl (C=O) groups is 1. The molecule has 1 atom stereocenters. The number of morpholine rings is 2. The molecule has 1 unspecified atom stereocenters. The highest BCUT2D eigenvalue weighted by Crippen LogP contribution is 2.33. The zero-order valence-electron chi connectivity index (χ0n) is 15.9. The third-order valence-electron chi connectivity index (χ3n) is 5.15. The van der Waals surface area contributed by atoms with Gasteiger partial charge in [0.2, 0.25) is 0 Å². The van der Waals surface area contributed by atoms with Crippen molar-refractivity contribution in [3.8, 4) is 11.3 Å². The Morgan fingerprint density at radius 1 is 1.14 bits per heavy atom. The van der Waals surface area contributed by atoms with E-state index in [1.54, 1.807) is 0 Å². The smallest absolute Gasteiger partial charge is 0.261 e. The first-order chi connectivity index (χ1) is 13.8. The molecule has 1 aromatic heterocycles. The van der Waals surface area contributed by atoms with Crippen LogP contribution in [0.5, 0.6) is 0 Å². The lowest BCUT2D eigenvalue weighted by Gasteiger charge is -2.33. The Balaban J connectivity index is 1.68. The monoisotopic (exact) mass is 386 g/mol. The van der Waals surface area contributed by atoms with Gasteiger partial charge >= 0.3 is 0 Å². The van der Waals surface area contributed by atoms with E-state index in [0.717, 1.165) is 12.0 Å². The molecule has 8 heteroatoms. The molecule has 0 aliphatic carbocycles. The first-order valence-corrected chi connectivity index (χ1v) is 9.76. The molecule has 0 saturated carbocycles. The Bertz CT molecular complexity index is 787. The van der Waals surface area contributed by atoms with Gasteiger partial charge in [0, 0.05) is 31.7 Å². The summed E-state index contributed by atoms with van der Waals surface area (Å²) in [6, 6.07) is 9.64. The lowest BCUT2D eigenvalue weighted by atomic mass is 10.1. The van der Waals surface area contributed by atoms with Crippen molar-refractivity contribution in [2.45, 2.75) is 12.5 Å². The Morgan fingerprint density at radius 3 is 2.68 bits per heavy atom. The van der Waals surface area contributed by atoms with Gasteiger partial charge in [-0.3, -0.25) is 4.79 Å². The average molecular weight is 386 g/mol. The number of rotatable bonds is 5. The van der Waals surface area contributed by atoms with Gasteiger partial charge in [0.25, 0.3) is 5.91 Å². The van der Waals surface area contributed by atoms with Crippen LogP contribution in [0, 0.1) is 0 Å². The average Bonchev–Trinajstić information content (AvgIpc) is 3.20. The second kappa shape index (κ2) is 8.72. The number of hydrogen-bond acceptors (Lipinski definition) is 7. The summed E-state index contributed by atoms with van der Waals surface area (Å²) in [5.74, 6) is 1.02. The summed E-state index contributed by atoms with van der Waals surface area (Å²) < 4.78 is 16.9. The van der Waals surface area contributed by atoms with Crippen LogP contribution < -0.4 is 10.6 Å². The first kappa shape index (κ1) is 18.9. The van der Waals surface area contributed by atoms with Crippen LogP contribution >= 0.6 is 0 Å². The minimum atomic E-state index is -0.0769. The minimum absolute atomic E-state index is 0.0328. The Labute approximate surface area is 164 Å². The fraction of sp³-hybridized carbons (Fsp3) is 0.500. The van der Waals surface area contributed by atoms with Gasteiger partial charge in [-0.2, -0.15) is 0 Å². The number of anilines is 1. The van der Waals surface area contributed by atoms with E-state index >= 15 is 0 Å². The number of nitrogens with two attached hydrogens (primary N) is 1. The number of nitrogens with zero attached hydrogens (tertiary/aromatic N) is 3. The maximum absolute atomic E-state index is 13.5. The summed E-state index contributed by atoms with van der Waals surface area (Å²) in [5.41, 5.74) is 7.02. The number of hydrogen-bond donors (Lipinski definition) is 1. The highest BCUT2D eigenvalue weighted by Gasteiger charge is 2.33. The van der Waals surface area contributed by atoms with E-state index < -0.39 is 0 Å². The van der Waals surface area contributed by atoms with Crippen LogP contribution in [0.25, 0.3) is 11.3 Å². The zero-order chi connectivity index (χ0) is 19.3. The van der Waals surface area contributed by atoms with E-state index in [4.69, 9.17) is 19.7 Å². The second-order valence-corrected chi connectivity index (χ2v) is 7.00. The summed E-state index contributed by atoms with van der Waals surface area (Å²) >= 11 is 0. The van der Waals surface area contributed by atoms with E-state index in [-0.39, 0.29) is 12.0 Å². The Morgan fingerprint density at radius 2 is 1.93 bits per heavy atom. The van der Waals surface area contributed by atoms with Crippen molar-refractivity contribution < 1.29 is 18.8 Å². The van der Waals surface area contributed by atoms with Crippen molar-refractivity contribution in [2.75, 3.05) is 57.4 Å². The van der Waals surface area contributed by atoms with Crippen LogP contribution in [-0.2, 0) is 9.47 Å². The predicted octanol–water partition coefficient (Wildman–Crippen LogP) is 1.37. The Hall–Kier alpha value is -2.42. The lowest BCUT2D eigenvalue weighted by molar-refractivity contribution is -0.0236. The highest BCUT2D eigenvalue weighted by molar-refractivity contribution is 6.04. The van der Waals surface area contributed by atoms with Crippen LogP contribution in [0.1, 0.15) is 16.8 Å². The molecule has 0 radical (unpaired) electrons. The normalized spacial score (nSPS) is 20.4. The molecule has 2 N–H and O–H groups in total. The number of aromatic nitrogens is 1. The van der Waals surface area contributed by atoms with Crippen molar-refractivity contribution in [3.63, 3.8) is 0 Å². The maximum Gasteiger partial charge on any atom is 0.261 e. The summed E-state index contributed by atoms with van der Waals surface area (Å²) in [5, 5.41) is 4.28. The molecule has 2 saturated heterocycles. The van der Waals surface area contributed by atoms with E-state index in [2.05, 4.69) is 10.1 Å². The molecule has 150 valence electrons. The molecule has 2 aromatic rings. The third-order valence-corrected chi connectivity index (χ3v) is 5.15. The first-order valence-electron chi connectivity index (χ1n) is 9.76. The molecular weight excluding hydrogens is 360 g/mol. The van der Waals surface area contributed by atoms with Crippen molar-refractivity contribution in [2.24, 2.45) is 5.73 Å². The minimum Gasteiger partial charge on any atom is -0.378 e. The standard InChI is InChI=1S/C20H26N4O4/c21-7-6-16-14-24(10-13-27-16)20(25)17-18(15-4-2-1-3-5-15)28-22-19(17)23-8-11-26-12-9-23/h1-5,16H,6-14,21H2. The topological polar surface area (TPSA) is 94.1 Å². The molecule has 2 aliphatic rings. The van der Waals surface area contributed by atoms with Gasteiger partial charge in [-0.25, -0.2) is 0 Å². The fourth-order valence-corrected chi connectivity index (χ4v) is 3.67. The number of amides is 1. The molecule has 0 bridgehead atoms. The third kappa shape index (κ3) is 3.89. The van der Waals surface area contributed by atoms with Gasteiger partial charge in [-0.05, 0) is 13.0 Å². The van der Waals surface area contributed by atoms with E-state index in [1.165, 1.54) is 0 Å². The van der Waals surface area contributed by atoms with Gasteiger partial charge in [0.1, 0.15) is 5.56 Å². The molecule has 2 fully saturated rings. The van der Waals surface area contributed by atoms with Crippen molar-refractivity contribution in [1.29, 1.82) is 0 Å². The maximum atomic E-state index is 13.5. The molecule has 2 aliphatic heterocycles. The van der Waals surface area contributed by atoms with Gasteiger partial charge in [-0.1, -0.05) is 35.5 Å². The molecule has 4 rings (SSSR count). The lowest BCUT2D eigenvalue weighted by Crippen LogP contribution is -2.46. The largest absolute Gasteiger partial charge is 0.378 e. The second-order valence-electron chi connectivity index (χ2n) is 7.00. The number of carbonyl (C=O) groups excluding carboxylic acids is 1. The molecule has 0 spiro atoms. The van der Waals surface area contributed by atoms with Crippen molar-refractivity contribution in [1.82, 2.24) is 10.1 Å².